The number of hydrogen-bond acceptors (Lipinski definition) is 7. The van der Waals surface area contributed by atoms with E-state index in [-0.39, 0.29) is 24.6 Å². The van der Waals surface area contributed by atoms with E-state index in [0.717, 1.165) is 22.1 Å². The van der Waals surface area contributed by atoms with Gasteiger partial charge in [-0.3, -0.25) is 4.79 Å². The van der Waals surface area contributed by atoms with E-state index < -0.39 is 23.3 Å². The fourth-order valence-electron chi connectivity index (χ4n) is 4.28. The van der Waals surface area contributed by atoms with E-state index in [9.17, 15) is 18.7 Å². The normalized spacial score (nSPS) is 15.5. The van der Waals surface area contributed by atoms with Gasteiger partial charge in [0.15, 0.2) is 0 Å². The molecule has 0 radical (unpaired) electrons. The minimum Gasteiger partial charge on any atom is -0.381 e. The average Bonchev–Trinajstić information content (AvgIpc) is 3.57. The molecule has 0 aliphatic carbocycles. The van der Waals surface area contributed by atoms with E-state index in [2.05, 4.69) is 15.1 Å². The molecule has 0 fully saturated rings. The Morgan fingerprint density at radius 2 is 2.11 bits per heavy atom. The quantitative estimate of drug-likeness (QED) is 0.442. The topological polar surface area (TPSA) is 108 Å². The summed E-state index contributed by atoms with van der Waals surface area (Å²) in [7, 11) is 0. The Bertz CT molecular complexity index is 1450. The van der Waals surface area contributed by atoms with Gasteiger partial charge in [-0.2, -0.15) is 10.4 Å². The molecule has 1 N–H and O–H groups in total. The first-order valence-corrected chi connectivity index (χ1v) is 11.4. The molecule has 8 nitrogen and oxygen atoms in total. The van der Waals surface area contributed by atoms with Crippen molar-refractivity contribution in [1.82, 2.24) is 24.6 Å². The Labute approximate surface area is 202 Å². The minimum absolute atomic E-state index is 0.144. The Balaban J connectivity index is 1.47. The molecule has 0 spiro atoms. The van der Waals surface area contributed by atoms with Crippen molar-refractivity contribution in [2.24, 2.45) is 0 Å². The summed E-state index contributed by atoms with van der Waals surface area (Å²) in [5.74, 6) is -1.99. The summed E-state index contributed by atoms with van der Waals surface area (Å²) in [5, 5.41) is 24.7. The maximum absolute atomic E-state index is 14.8. The Morgan fingerprint density at radius 3 is 2.74 bits per heavy atom. The number of nitrogens with zero attached hydrogens (tertiary/aromatic N) is 6. The van der Waals surface area contributed by atoms with Crippen molar-refractivity contribution in [2.75, 3.05) is 0 Å². The zero-order valence-electron chi connectivity index (χ0n) is 18.4. The number of amides is 1. The largest absolute Gasteiger partial charge is 0.381 e. The lowest BCUT2D eigenvalue weighted by Crippen LogP contribution is -2.52. The molecule has 11 heteroatoms. The van der Waals surface area contributed by atoms with Crippen LogP contribution in [0, 0.1) is 23.0 Å². The molecule has 1 amide bonds. The summed E-state index contributed by atoms with van der Waals surface area (Å²) in [6, 6.07) is 9.29. The van der Waals surface area contributed by atoms with Gasteiger partial charge in [0.1, 0.15) is 41.7 Å². The second kappa shape index (κ2) is 8.65. The number of pyridine rings is 1. The van der Waals surface area contributed by atoms with Crippen molar-refractivity contribution in [1.29, 1.82) is 5.26 Å². The SMILES string of the molecule is C[C@@H](N1Cc2cc(-c3ccc(C#N)nc3)sc2C1=O)[C@](O)(Cn1cncn1)c1ccc(F)cc1F. The van der Waals surface area contributed by atoms with E-state index in [1.54, 1.807) is 25.3 Å². The molecule has 0 saturated carbocycles. The fourth-order valence-corrected chi connectivity index (χ4v) is 5.39. The van der Waals surface area contributed by atoms with Crippen molar-refractivity contribution in [3.63, 3.8) is 0 Å². The van der Waals surface area contributed by atoms with Crippen LogP contribution in [-0.4, -0.2) is 41.7 Å². The van der Waals surface area contributed by atoms with Gasteiger partial charge in [-0.1, -0.05) is 6.07 Å². The van der Waals surface area contributed by atoms with E-state index in [4.69, 9.17) is 5.26 Å². The molecule has 5 rings (SSSR count). The number of halogens is 2. The lowest BCUT2D eigenvalue weighted by atomic mass is 9.85. The number of thiophene rings is 1. The molecular formula is C24H18F2N6O2S. The molecule has 4 aromatic rings. The number of aromatic nitrogens is 4. The highest BCUT2D eigenvalue weighted by Gasteiger charge is 2.46. The number of carbonyl (C=O) groups excluding carboxylic acids is 1. The third-order valence-corrected chi connectivity index (χ3v) is 7.41. The number of fused-ring (bicyclic) bond motifs is 1. The fraction of sp³-hybridized carbons (Fsp3) is 0.208. The zero-order chi connectivity index (χ0) is 24.7. The summed E-state index contributed by atoms with van der Waals surface area (Å²) in [6.07, 6.45) is 4.24. The molecule has 3 aromatic heterocycles. The first kappa shape index (κ1) is 22.8. The second-order valence-corrected chi connectivity index (χ2v) is 9.31. The van der Waals surface area contributed by atoms with Crippen LogP contribution in [0.15, 0.2) is 55.2 Å². The summed E-state index contributed by atoms with van der Waals surface area (Å²) in [6.45, 7) is 1.63. The molecule has 2 atom stereocenters. The van der Waals surface area contributed by atoms with Gasteiger partial charge in [0.2, 0.25) is 0 Å². The van der Waals surface area contributed by atoms with E-state index in [0.29, 0.717) is 16.6 Å². The number of hydrogen-bond donors (Lipinski definition) is 1. The van der Waals surface area contributed by atoms with Crippen molar-refractivity contribution >= 4 is 17.2 Å². The monoisotopic (exact) mass is 492 g/mol. The van der Waals surface area contributed by atoms with Crippen molar-refractivity contribution in [3.8, 4) is 16.5 Å². The Morgan fingerprint density at radius 1 is 1.29 bits per heavy atom. The minimum atomic E-state index is -1.92. The first-order chi connectivity index (χ1) is 16.8. The van der Waals surface area contributed by atoms with Crippen LogP contribution in [0.5, 0.6) is 0 Å². The maximum Gasteiger partial charge on any atom is 0.264 e. The molecule has 35 heavy (non-hydrogen) atoms. The summed E-state index contributed by atoms with van der Waals surface area (Å²) in [5.41, 5.74) is -0.210. The highest BCUT2D eigenvalue weighted by atomic mass is 32.1. The third-order valence-electron chi connectivity index (χ3n) is 6.19. The van der Waals surface area contributed by atoms with Crippen LogP contribution in [0.2, 0.25) is 0 Å². The zero-order valence-corrected chi connectivity index (χ0v) is 19.2. The lowest BCUT2D eigenvalue weighted by Gasteiger charge is -2.39. The summed E-state index contributed by atoms with van der Waals surface area (Å²) in [4.78, 5) is 24.1. The lowest BCUT2D eigenvalue weighted by molar-refractivity contribution is -0.0556. The van der Waals surface area contributed by atoms with Gasteiger partial charge >= 0.3 is 0 Å². The van der Waals surface area contributed by atoms with Crippen LogP contribution in [-0.2, 0) is 18.7 Å². The van der Waals surface area contributed by atoms with Crippen molar-refractivity contribution in [2.45, 2.75) is 31.7 Å². The molecule has 4 heterocycles. The number of benzene rings is 1. The maximum atomic E-state index is 14.8. The molecule has 176 valence electrons. The summed E-state index contributed by atoms with van der Waals surface area (Å²) >= 11 is 1.29. The standard InChI is InChI=1S/C24H18F2N6O2S/c1-14(24(34,11-31-13-28-12-30-31)19-5-3-17(25)7-20(19)26)32-10-16-6-21(35-22(16)23(32)33)15-2-4-18(8-27)29-9-15/h2-7,9,12-14,34H,10-11H2,1H3/t14-,24-/m1/s1. The number of rotatable bonds is 6. The van der Waals surface area contributed by atoms with Gasteiger partial charge in [0, 0.05) is 34.8 Å². The molecule has 1 aliphatic heterocycles. The highest BCUT2D eigenvalue weighted by molar-refractivity contribution is 7.17. The van der Waals surface area contributed by atoms with Gasteiger partial charge < -0.3 is 10.0 Å². The van der Waals surface area contributed by atoms with Gasteiger partial charge in [-0.05, 0) is 36.8 Å². The average molecular weight is 493 g/mol. The van der Waals surface area contributed by atoms with Crippen LogP contribution in [0.25, 0.3) is 10.4 Å². The highest BCUT2D eigenvalue weighted by Crippen LogP contribution is 2.41. The molecule has 1 aromatic carbocycles. The van der Waals surface area contributed by atoms with Gasteiger partial charge in [0.25, 0.3) is 5.91 Å². The van der Waals surface area contributed by atoms with E-state index in [1.165, 1.54) is 39.6 Å². The van der Waals surface area contributed by atoms with Crippen LogP contribution < -0.4 is 0 Å². The summed E-state index contributed by atoms with van der Waals surface area (Å²) < 4.78 is 29.8. The molecule has 1 aliphatic rings. The predicted octanol–water partition coefficient (Wildman–Crippen LogP) is 3.48. The van der Waals surface area contributed by atoms with E-state index in [1.807, 2.05) is 12.1 Å². The van der Waals surface area contributed by atoms with Gasteiger partial charge in [-0.15, -0.1) is 11.3 Å². The molecule has 0 bridgehead atoms. The van der Waals surface area contributed by atoms with E-state index >= 15 is 0 Å². The first-order valence-electron chi connectivity index (χ1n) is 10.6. The number of aliphatic hydroxyl groups is 1. The predicted molar refractivity (Wildman–Crippen MR) is 122 cm³/mol. The molecule has 0 saturated heterocycles. The van der Waals surface area contributed by atoms with Crippen molar-refractivity contribution < 1.29 is 18.7 Å². The van der Waals surface area contributed by atoms with Gasteiger partial charge in [-0.25, -0.2) is 23.4 Å². The Hall–Kier alpha value is -4.01. The van der Waals surface area contributed by atoms with Crippen molar-refractivity contribution in [3.05, 3.63) is 88.6 Å². The van der Waals surface area contributed by atoms with Crippen LogP contribution >= 0.6 is 11.3 Å². The smallest absolute Gasteiger partial charge is 0.264 e. The Kier molecular flexibility index (Phi) is 5.62. The molecular weight excluding hydrogens is 474 g/mol. The third kappa shape index (κ3) is 3.96. The van der Waals surface area contributed by atoms with Crippen LogP contribution in [0.4, 0.5) is 8.78 Å². The molecule has 0 unspecified atom stereocenters. The number of nitriles is 1. The van der Waals surface area contributed by atoms with Crippen LogP contribution in [0.1, 0.15) is 33.4 Å². The second-order valence-electron chi connectivity index (χ2n) is 8.26. The number of carbonyl (C=O) groups is 1. The van der Waals surface area contributed by atoms with Gasteiger partial charge in [0.05, 0.1) is 17.5 Å². The van der Waals surface area contributed by atoms with Crippen LogP contribution in [0.3, 0.4) is 0 Å².